The highest BCUT2D eigenvalue weighted by Gasteiger charge is 2.36. The number of hydrogen-bond acceptors (Lipinski definition) is 4. The van der Waals surface area contributed by atoms with Gasteiger partial charge in [0.25, 0.3) is 0 Å². The standard InChI is InChI=1S/C41H56F3NO4/c1-3-4-5-6-7-8-9-10-11-12-16-28-49-36-25-27-39(45-31-36)38-30-35(24-26-37(38)34-19-14-13-15-20-34)33(21-17-23-40(46)47)22-18-29-48-32(2)41(42,43)44/h13-15,19-20,24-27,30-33H,3-12,16-18,21-23,28-29H2,1-2H3,(H,46,47). The van der Waals surface area contributed by atoms with Gasteiger partial charge in [-0.1, -0.05) is 114 Å². The number of pyridine rings is 1. The monoisotopic (exact) mass is 683 g/mol. The molecule has 3 rings (SSSR count). The second kappa shape index (κ2) is 22.4. The molecule has 0 saturated heterocycles. The van der Waals surface area contributed by atoms with Crippen LogP contribution in [-0.4, -0.2) is 41.6 Å². The largest absolute Gasteiger partial charge is 0.492 e. The third-order valence-electron chi connectivity index (χ3n) is 9.10. The molecule has 2 atom stereocenters. The zero-order valence-corrected chi connectivity index (χ0v) is 29.5. The van der Waals surface area contributed by atoms with Crippen LogP contribution in [0.3, 0.4) is 0 Å². The summed E-state index contributed by atoms with van der Waals surface area (Å²) in [7, 11) is 0. The van der Waals surface area contributed by atoms with Gasteiger partial charge in [0.05, 0.1) is 18.5 Å². The fourth-order valence-electron chi connectivity index (χ4n) is 6.14. The maximum atomic E-state index is 12.9. The third-order valence-corrected chi connectivity index (χ3v) is 9.10. The first-order valence-corrected chi connectivity index (χ1v) is 18.4. The Morgan fingerprint density at radius 3 is 2.04 bits per heavy atom. The van der Waals surface area contributed by atoms with E-state index >= 15 is 0 Å². The molecule has 0 bridgehead atoms. The van der Waals surface area contributed by atoms with Crippen molar-refractivity contribution < 1.29 is 32.5 Å². The minimum atomic E-state index is -4.40. The molecule has 0 fully saturated rings. The molecular formula is C41H56F3NO4. The van der Waals surface area contributed by atoms with Crippen LogP contribution < -0.4 is 4.74 Å². The normalized spacial score (nSPS) is 12.9. The Kier molecular flexibility index (Phi) is 18.3. The number of aromatic nitrogens is 1. The Bertz CT molecular complexity index is 1330. The summed E-state index contributed by atoms with van der Waals surface area (Å²) in [5, 5.41) is 9.23. The molecule has 0 spiro atoms. The number of benzene rings is 2. The lowest BCUT2D eigenvalue weighted by Crippen LogP contribution is -2.28. The molecule has 0 saturated carbocycles. The van der Waals surface area contributed by atoms with Crippen LogP contribution >= 0.6 is 0 Å². The molecule has 0 aliphatic rings. The highest BCUT2D eigenvalue weighted by atomic mass is 19.4. The lowest BCUT2D eigenvalue weighted by Gasteiger charge is -2.21. The maximum Gasteiger partial charge on any atom is 0.414 e. The summed E-state index contributed by atoms with van der Waals surface area (Å²) in [6.07, 6.45) is 11.8. The number of carboxylic acids is 1. The lowest BCUT2D eigenvalue weighted by atomic mass is 9.86. The second-order valence-electron chi connectivity index (χ2n) is 13.1. The van der Waals surface area contributed by atoms with E-state index in [1.165, 1.54) is 57.8 Å². The molecule has 2 unspecified atom stereocenters. The van der Waals surface area contributed by atoms with Crippen molar-refractivity contribution in [1.29, 1.82) is 0 Å². The van der Waals surface area contributed by atoms with Crippen molar-refractivity contribution in [2.75, 3.05) is 13.2 Å². The van der Waals surface area contributed by atoms with E-state index in [1.807, 2.05) is 48.5 Å². The maximum absolute atomic E-state index is 12.9. The molecule has 8 heteroatoms. The molecule has 0 aliphatic carbocycles. The molecule has 5 nitrogen and oxygen atoms in total. The van der Waals surface area contributed by atoms with Gasteiger partial charge in [-0.25, -0.2) is 0 Å². The molecule has 3 aromatic rings. The number of alkyl halides is 3. The van der Waals surface area contributed by atoms with E-state index in [1.54, 1.807) is 6.20 Å². The second-order valence-corrected chi connectivity index (χ2v) is 13.1. The third kappa shape index (κ3) is 15.4. The molecule has 0 amide bonds. The van der Waals surface area contributed by atoms with E-state index in [0.29, 0.717) is 32.3 Å². The highest BCUT2D eigenvalue weighted by Crippen LogP contribution is 2.37. The number of hydrogen-bond donors (Lipinski definition) is 1. The average Bonchev–Trinajstić information content (AvgIpc) is 3.09. The number of unbranched alkanes of at least 4 members (excludes halogenated alkanes) is 10. The van der Waals surface area contributed by atoms with Crippen molar-refractivity contribution in [3.63, 3.8) is 0 Å². The van der Waals surface area contributed by atoms with Crippen molar-refractivity contribution >= 4 is 5.97 Å². The SMILES string of the molecule is CCCCCCCCCCCCCOc1ccc(-c2cc(C(CCCOC(C)C(F)(F)F)CCCC(=O)O)ccc2-c2ccccc2)nc1. The van der Waals surface area contributed by atoms with E-state index in [0.717, 1.165) is 53.5 Å². The van der Waals surface area contributed by atoms with Crippen LogP contribution in [0.1, 0.15) is 128 Å². The first kappa shape index (κ1) is 40.0. The number of carboxylic acid groups (broad SMARTS) is 1. The van der Waals surface area contributed by atoms with Gasteiger partial charge in [-0.2, -0.15) is 13.2 Å². The van der Waals surface area contributed by atoms with Gasteiger partial charge >= 0.3 is 12.1 Å². The van der Waals surface area contributed by atoms with E-state index < -0.39 is 18.2 Å². The van der Waals surface area contributed by atoms with Gasteiger partial charge in [-0.3, -0.25) is 9.78 Å². The zero-order chi connectivity index (χ0) is 35.3. The van der Waals surface area contributed by atoms with Crippen LogP contribution in [0, 0.1) is 0 Å². The van der Waals surface area contributed by atoms with Crippen molar-refractivity contribution in [3.05, 3.63) is 72.4 Å². The van der Waals surface area contributed by atoms with Gasteiger partial charge in [0, 0.05) is 18.6 Å². The molecule has 1 aromatic heterocycles. The first-order valence-electron chi connectivity index (χ1n) is 18.4. The summed E-state index contributed by atoms with van der Waals surface area (Å²) >= 11 is 0. The predicted octanol–water partition coefficient (Wildman–Crippen LogP) is 12.2. The Labute approximate surface area is 291 Å². The number of rotatable bonds is 25. The molecule has 1 heterocycles. The summed E-state index contributed by atoms with van der Waals surface area (Å²) in [4.78, 5) is 16.0. The van der Waals surface area contributed by atoms with Gasteiger partial charge in [-0.05, 0) is 79.8 Å². The Morgan fingerprint density at radius 1 is 0.776 bits per heavy atom. The topological polar surface area (TPSA) is 68.7 Å². The molecular weight excluding hydrogens is 627 g/mol. The Balaban J connectivity index is 1.65. The molecule has 1 N–H and O–H groups in total. The summed E-state index contributed by atoms with van der Waals surface area (Å²) in [5.74, 6) is -0.176. The van der Waals surface area contributed by atoms with Crippen LogP contribution in [0.5, 0.6) is 5.75 Å². The van der Waals surface area contributed by atoms with E-state index in [9.17, 15) is 23.1 Å². The van der Waals surface area contributed by atoms with Gasteiger partial charge in [0.15, 0.2) is 6.10 Å². The fourth-order valence-corrected chi connectivity index (χ4v) is 6.14. The summed E-state index contributed by atoms with van der Waals surface area (Å²) in [5.41, 5.74) is 4.78. The van der Waals surface area contributed by atoms with Crippen molar-refractivity contribution in [1.82, 2.24) is 4.98 Å². The van der Waals surface area contributed by atoms with Crippen molar-refractivity contribution in [2.24, 2.45) is 0 Å². The molecule has 49 heavy (non-hydrogen) atoms. The number of carbonyl (C=O) groups is 1. The van der Waals surface area contributed by atoms with Gasteiger partial charge in [0.2, 0.25) is 0 Å². The molecule has 2 aromatic carbocycles. The highest BCUT2D eigenvalue weighted by molar-refractivity contribution is 5.82. The number of nitrogens with zero attached hydrogens (tertiary/aromatic N) is 1. The molecule has 0 aliphatic heterocycles. The van der Waals surface area contributed by atoms with Gasteiger partial charge < -0.3 is 14.6 Å². The van der Waals surface area contributed by atoms with Crippen LogP contribution in [0.2, 0.25) is 0 Å². The van der Waals surface area contributed by atoms with Gasteiger partial charge in [-0.15, -0.1) is 0 Å². The number of aliphatic carboxylic acids is 1. The van der Waals surface area contributed by atoms with Crippen LogP contribution in [-0.2, 0) is 9.53 Å². The summed E-state index contributed by atoms with van der Waals surface area (Å²) in [6.45, 7) is 3.91. The van der Waals surface area contributed by atoms with Crippen molar-refractivity contribution in [2.45, 2.75) is 135 Å². The minimum Gasteiger partial charge on any atom is -0.492 e. The summed E-state index contributed by atoms with van der Waals surface area (Å²) in [6, 6.07) is 20.2. The van der Waals surface area contributed by atoms with Gasteiger partial charge in [0.1, 0.15) is 5.75 Å². The summed E-state index contributed by atoms with van der Waals surface area (Å²) < 4.78 is 49.9. The fraction of sp³-hybridized carbons (Fsp3) is 0.561. The van der Waals surface area contributed by atoms with Crippen LogP contribution in [0.4, 0.5) is 13.2 Å². The van der Waals surface area contributed by atoms with E-state index in [4.69, 9.17) is 14.5 Å². The van der Waals surface area contributed by atoms with Crippen LogP contribution in [0.15, 0.2) is 66.9 Å². The van der Waals surface area contributed by atoms with Crippen molar-refractivity contribution in [3.8, 4) is 28.1 Å². The molecule has 270 valence electrons. The quantitative estimate of drug-likeness (QED) is 0.0900. The Hall–Kier alpha value is -3.39. The minimum absolute atomic E-state index is 0.0206. The predicted molar refractivity (Wildman–Crippen MR) is 192 cm³/mol. The average molecular weight is 684 g/mol. The zero-order valence-electron chi connectivity index (χ0n) is 29.5. The number of halogens is 3. The van der Waals surface area contributed by atoms with E-state index in [2.05, 4.69) is 19.1 Å². The number of ether oxygens (including phenoxy) is 2. The Morgan fingerprint density at radius 2 is 1.43 bits per heavy atom. The molecule has 0 radical (unpaired) electrons. The first-order chi connectivity index (χ1) is 23.7. The lowest BCUT2D eigenvalue weighted by molar-refractivity contribution is -0.214. The smallest absolute Gasteiger partial charge is 0.414 e. The van der Waals surface area contributed by atoms with Crippen LogP contribution in [0.25, 0.3) is 22.4 Å². The van der Waals surface area contributed by atoms with E-state index in [-0.39, 0.29) is 18.9 Å².